The lowest BCUT2D eigenvalue weighted by Gasteiger charge is -2.09. The summed E-state index contributed by atoms with van der Waals surface area (Å²) in [6.45, 7) is 0. The van der Waals surface area contributed by atoms with E-state index < -0.39 is 0 Å². The molecule has 0 saturated carbocycles. The van der Waals surface area contributed by atoms with Crippen LogP contribution in [0.3, 0.4) is 0 Å². The van der Waals surface area contributed by atoms with Crippen molar-refractivity contribution >= 4 is 65.9 Å². The van der Waals surface area contributed by atoms with Crippen molar-refractivity contribution in [2.45, 2.75) is 0 Å². The molecule has 0 radical (unpaired) electrons. The average molecular weight is 810 g/mol. The minimum absolute atomic E-state index is 0.530. The van der Waals surface area contributed by atoms with Crippen LogP contribution < -0.4 is 0 Å². The van der Waals surface area contributed by atoms with E-state index in [1.807, 2.05) is 133 Å². The Hall–Kier alpha value is -8.75. The predicted octanol–water partition coefficient (Wildman–Crippen LogP) is 14.4. The number of hydrogen-bond acceptors (Lipinski definition) is 8. The molecule has 0 N–H and O–H groups in total. The van der Waals surface area contributed by atoms with Gasteiger partial charge in [-0.2, -0.15) is 0 Å². The van der Waals surface area contributed by atoms with Gasteiger partial charge in [-0.1, -0.05) is 146 Å². The van der Waals surface area contributed by atoms with E-state index in [-0.39, 0.29) is 0 Å². The molecule has 8 aromatic carbocycles. The average Bonchev–Trinajstić information content (AvgIpc) is 4.05. The summed E-state index contributed by atoms with van der Waals surface area (Å²) in [4.78, 5) is 25.5. The van der Waals surface area contributed by atoms with Gasteiger partial charge in [-0.3, -0.25) is 0 Å². The van der Waals surface area contributed by atoms with E-state index in [1.165, 1.54) is 0 Å². The van der Waals surface area contributed by atoms with Crippen LogP contribution in [0.5, 0.6) is 0 Å². The lowest BCUT2D eigenvalue weighted by Crippen LogP contribution is -2.00. The van der Waals surface area contributed by atoms with Crippen molar-refractivity contribution in [2.75, 3.05) is 0 Å². The lowest BCUT2D eigenvalue weighted by atomic mass is 9.99. The number of furan rings is 3. The molecule has 8 heteroatoms. The zero-order chi connectivity index (χ0) is 41.4. The zero-order valence-corrected chi connectivity index (χ0v) is 33.4. The Balaban J connectivity index is 0.996. The maximum absolute atomic E-state index is 6.86. The third-order valence-electron chi connectivity index (χ3n) is 11.8. The number of aromatic nitrogens is 5. The third-order valence-corrected chi connectivity index (χ3v) is 11.8. The summed E-state index contributed by atoms with van der Waals surface area (Å²) in [5.74, 6) is 2.27. The molecule has 13 rings (SSSR count). The standard InChI is InChI=1S/C55H31N5O3/c1-4-14-32(15-5-1)48-51-49(57-52(56-48)33-16-6-2-7-17-33)41-23-12-21-37(50(41)63-51)35-27-29-44-42(30-35)47-40(22-13-25-45(47)61-44)55-59-53(34-18-8-3-9-19-34)58-54(60-55)36-26-28-39-38-20-10-11-24-43(38)62-46(39)31-36/h1-31H. The molecule has 0 bridgehead atoms. The first-order valence-corrected chi connectivity index (χ1v) is 20.7. The molecule has 0 unspecified atom stereocenters. The number of nitrogens with zero attached hydrogens (tertiary/aromatic N) is 5. The minimum atomic E-state index is 0.530. The number of rotatable bonds is 6. The molecule has 13 aromatic rings. The summed E-state index contributed by atoms with van der Waals surface area (Å²) >= 11 is 0. The number of benzene rings is 8. The van der Waals surface area contributed by atoms with Gasteiger partial charge in [0.05, 0.1) is 0 Å². The van der Waals surface area contributed by atoms with Gasteiger partial charge in [-0.15, -0.1) is 0 Å². The molecule has 5 heterocycles. The molecule has 63 heavy (non-hydrogen) atoms. The second-order valence-corrected chi connectivity index (χ2v) is 15.6. The molecular formula is C55H31N5O3. The van der Waals surface area contributed by atoms with Crippen molar-refractivity contribution in [3.63, 3.8) is 0 Å². The normalized spacial score (nSPS) is 11.8. The van der Waals surface area contributed by atoms with Crippen molar-refractivity contribution in [1.82, 2.24) is 24.9 Å². The topological polar surface area (TPSA) is 104 Å². The van der Waals surface area contributed by atoms with Crippen molar-refractivity contribution in [1.29, 1.82) is 0 Å². The van der Waals surface area contributed by atoms with Crippen molar-refractivity contribution in [3.05, 3.63) is 188 Å². The SMILES string of the molecule is c1ccc(-c2nc(-c3ccc4c(c3)oc3ccccc34)nc(-c3cccc4oc5ccc(-c6cccc7c6oc6c(-c8ccccc8)nc(-c8ccccc8)nc67)cc5c34)n2)cc1. The Morgan fingerprint density at radius 1 is 0.286 bits per heavy atom. The molecule has 0 saturated heterocycles. The first-order valence-electron chi connectivity index (χ1n) is 20.7. The molecular weight excluding hydrogens is 779 g/mol. The quantitative estimate of drug-likeness (QED) is 0.164. The van der Waals surface area contributed by atoms with Gasteiger partial charge in [0.25, 0.3) is 0 Å². The number of para-hydroxylation sites is 2. The van der Waals surface area contributed by atoms with E-state index in [1.54, 1.807) is 0 Å². The van der Waals surface area contributed by atoms with Gasteiger partial charge in [-0.25, -0.2) is 24.9 Å². The highest BCUT2D eigenvalue weighted by Crippen LogP contribution is 2.43. The summed E-state index contributed by atoms with van der Waals surface area (Å²) < 4.78 is 19.7. The van der Waals surface area contributed by atoms with Crippen LogP contribution in [0, 0.1) is 0 Å². The summed E-state index contributed by atoms with van der Waals surface area (Å²) in [7, 11) is 0. The van der Waals surface area contributed by atoms with E-state index in [2.05, 4.69) is 54.6 Å². The molecule has 0 aliphatic carbocycles. The largest absolute Gasteiger partial charge is 0.456 e. The zero-order valence-electron chi connectivity index (χ0n) is 33.4. The highest BCUT2D eigenvalue weighted by Gasteiger charge is 2.23. The van der Waals surface area contributed by atoms with Gasteiger partial charge >= 0.3 is 0 Å². The Morgan fingerprint density at radius 3 is 1.65 bits per heavy atom. The van der Waals surface area contributed by atoms with Crippen LogP contribution >= 0.6 is 0 Å². The summed E-state index contributed by atoms with van der Waals surface area (Å²) in [6.07, 6.45) is 0. The van der Waals surface area contributed by atoms with Crippen molar-refractivity contribution in [2.24, 2.45) is 0 Å². The first kappa shape index (κ1) is 35.0. The van der Waals surface area contributed by atoms with Gasteiger partial charge in [0.2, 0.25) is 0 Å². The number of fused-ring (bicyclic) bond motifs is 9. The Kier molecular flexibility index (Phi) is 7.74. The molecule has 5 aromatic heterocycles. The fourth-order valence-corrected chi connectivity index (χ4v) is 8.79. The Labute approximate surface area is 358 Å². The third kappa shape index (κ3) is 5.73. The lowest BCUT2D eigenvalue weighted by molar-refractivity contribution is 0.667. The van der Waals surface area contributed by atoms with Crippen LogP contribution in [-0.4, -0.2) is 24.9 Å². The Morgan fingerprint density at radius 2 is 0.857 bits per heavy atom. The van der Waals surface area contributed by atoms with Crippen LogP contribution in [-0.2, 0) is 0 Å². The molecule has 0 fully saturated rings. The first-order chi connectivity index (χ1) is 31.2. The Bertz CT molecular complexity index is 3910. The summed E-state index contributed by atoms with van der Waals surface area (Å²) in [6, 6.07) is 62.9. The highest BCUT2D eigenvalue weighted by atomic mass is 16.3. The molecule has 0 aliphatic heterocycles. The maximum Gasteiger partial charge on any atom is 0.180 e. The predicted molar refractivity (Wildman–Crippen MR) is 250 cm³/mol. The van der Waals surface area contributed by atoms with Crippen LogP contribution in [0.2, 0.25) is 0 Å². The van der Waals surface area contributed by atoms with Crippen LogP contribution in [0.25, 0.3) is 134 Å². The van der Waals surface area contributed by atoms with Gasteiger partial charge in [0, 0.05) is 60.3 Å². The minimum Gasteiger partial charge on any atom is -0.456 e. The van der Waals surface area contributed by atoms with Gasteiger partial charge in [0.15, 0.2) is 28.9 Å². The fourth-order valence-electron chi connectivity index (χ4n) is 8.79. The molecule has 294 valence electrons. The van der Waals surface area contributed by atoms with E-state index in [0.717, 1.165) is 105 Å². The molecule has 0 aliphatic rings. The molecule has 0 amide bonds. The van der Waals surface area contributed by atoms with E-state index in [9.17, 15) is 0 Å². The maximum atomic E-state index is 6.86. The van der Waals surface area contributed by atoms with Crippen molar-refractivity contribution in [3.8, 4) is 67.9 Å². The highest BCUT2D eigenvalue weighted by molar-refractivity contribution is 6.15. The second-order valence-electron chi connectivity index (χ2n) is 15.6. The molecule has 8 nitrogen and oxygen atoms in total. The van der Waals surface area contributed by atoms with E-state index >= 15 is 0 Å². The molecule has 0 atom stereocenters. The van der Waals surface area contributed by atoms with Crippen LogP contribution in [0.1, 0.15) is 0 Å². The van der Waals surface area contributed by atoms with Gasteiger partial charge in [-0.05, 0) is 48.0 Å². The van der Waals surface area contributed by atoms with Crippen molar-refractivity contribution < 1.29 is 13.3 Å². The van der Waals surface area contributed by atoms with Gasteiger partial charge in [0.1, 0.15) is 39.1 Å². The monoisotopic (exact) mass is 809 g/mol. The second kappa shape index (κ2) is 13.9. The fraction of sp³-hybridized carbons (Fsp3) is 0. The smallest absolute Gasteiger partial charge is 0.180 e. The number of hydrogen-bond donors (Lipinski definition) is 0. The van der Waals surface area contributed by atoms with Crippen LogP contribution in [0.15, 0.2) is 201 Å². The molecule has 0 spiro atoms. The summed E-state index contributed by atoms with van der Waals surface area (Å²) in [5.41, 5.74) is 12.3. The van der Waals surface area contributed by atoms with E-state index in [0.29, 0.717) is 28.9 Å². The summed E-state index contributed by atoms with van der Waals surface area (Å²) in [5, 5.41) is 4.84. The van der Waals surface area contributed by atoms with Gasteiger partial charge < -0.3 is 13.3 Å². The van der Waals surface area contributed by atoms with E-state index in [4.69, 9.17) is 38.2 Å². The van der Waals surface area contributed by atoms with Crippen LogP contribution in [0.4, 0.5) is 0 Å².